The maximum atomic E-state index is 13.2. The van der Waals surface area contributed by atoms with Crippen LogP contribution in [0.25, 0.3) is 0 Å². The zero-order chi connectivity index (χ0) is 14.7. The van der Waals surface area contributed by atoms with Crippen molar-refractivity contribution in [3.8, 4) is 0 Å². The van der Waals surface area contributed by atoms with Crippen LogP contribution < -0.4 is 0 Å². The molecule has 2 aromatic rings. The predicted octanol–water partition coefficient (Wildman–Crippen LogP) is 4.54. The Hall–Kier alpha value is -1.58. The van der Waals surface area contributed by atoms with Gasteiger partial charge in [0.1, 0.15) is 5.82 Å². The Kier molecular flexibility index (Phi) is 4.63. The molecule has 2 aromatic carbocycles. The molecule has 0 aliphatic carbocycles. The van der Waals surface area contributed by atoms with Crippen molar-refractivity contribution in [3.63, 3.8) is 0 Å². The van der Waals surface area contributed by atoms with Crippen molar-refractivity contribution in [2.75, 3.05) is 0 Å². The molecule has 2 rings (SSSR count). The average Bonchev–Trinajstić information content (AvgIpc) is 2.40. The zero-order valence-corrected chi connectivity index (χ0v) is 11.8. The lowest BCUT2D eigenvalue weighted by Crippen LogP contribution is -2.14. The predicted molar refractivity (Wildman–Crippen MR) is 76.9 cm³/mol. The highest BCUT2D eigenvalue weighted by atomic mass is 35.5. The Bertz CT molecular complexity index is 626. The first-order valence-electron chi connectivity index (χ1n) is 5.89. The van der Waals surface area contributed by atoms with E-state index in [2.05, 4.69) is 0 Å². The molecule has 0 fully saturated rings. The van der Waals surface area contributed by atoms with Gasteiger partial charge in [-0.2, -0.15) is 0 Å². The summed E-state index contributed by atoms with van der Waals surface area (Å²) in [6.45, 7) is 0. The van der Waals surface area contributed by atoms with E-state index in [1.165, 1.54) is 18.2 Å². The van der Waals surface area contributed by atoms with E-state index in [4.69, 9.17) is 23.2 Å². The summed E-state index contributed by atoms with van der Waals surface area (Å²) in [5, 5.41) is 10.2. The number of aliphatic carboxylic acids is 1. The molecule has 0 aromatic heterocycles. The molecular weight excluding hydrogens is 302 g/mol. The third-order valence-electron chi connectivity index (χ3n) is 3.00. The SMILES string of the molecule is O=C(O)C(Cc1cc(F)ccc1Cl)c1ccc(Cl)cc1. The monoisotopic (exact) mass is 312 g/mol. The topological polar surface area (TPSA) is 37.3 Å². The highest BCUT2D eigenvalue weighted by Crippen LogP contribution is 2.27. The molecule has 0 aliphatic heterocycles. The van der Waals surface area contributed by atoms with Gasteiger partial charge in [0.05, 0.1) is 5.92 Å². The minimum Gasteiger partial charge on any atom is -0.481 e. The average molecular weight is 313 g/mol. The molecule has 0 bridgehead atoms. The summed E-state index contributed by atoms with van der Waals surface area (Å²) in [5.74, 6) is -2.23. The number of hydrogen-bond donors (Lipinski definition) is 1. The molecule has 0 saturated carbocycles. The molecule has 0 aliphatic rings. The minimum atomic E-state index is -0.993. The number of benzene rings is 2. The summed E-state index contributed by atoms with van der Waals surface area (Å²) in [6, 6.07) is 10.5. The van der Waals surface area contributed by atoms with Crippen molar-refractivity contribution in [2.45, 2.75) is 12.3 Å². The van der Waals surface area contributed by atoms with E-state index >= 15 is 0 Å². The van der Waals surface area contributed by atoms with Crippen LogP contribution in [0.5, 0.6) is 0 Å². The van der Waals surface area contributed by atoms with E-state index in [-0.39, 0.29) is 6.42 Å². The second-order valence-corrected chi connectivity index (χ2v) is 5.23. The van der Waals surface area contributed by atoms with Crippen molar-refractivity contribution >= 4 is 29.2 Å². The molecule has 0 saturated heterocycles. The first-order valence-corrected chi connectivity index (χ1v) is 6.65. The maximum Gasteiger partial charge on any atom is 0.311 e. The largest absolute Gasteiger partial charge is 0.481 e. The van der Waals surface area contributed by atoms with E-state index < -0.39 is 17.7 Å². The minimum absolute atomic E-state index is 0.119. The van der Waals surface area contributed by atoms with Crippen LogP contribution in [-0.2, 0) is 11.2 Å². The zero-order valence-electron chi connectivity index (χ0n) is 10.3. The summed E-state index contributed by atoms with van der Waals surface area (Å²) in [5.41, 5.74) is 1.07. The second-order valence-electron chi connectivity index (χ2n) is 4.38. The molecule has 5 heteroatoms. The van der Waals surface area contributed by atoms with Crippen LogP contribution in [0.1, 0.15) is 17.0 Å². The van der Waals surface area contributed by atoms with Crippen LogP contribution in [0.15, 0.2) is 42.5 Å². The lowest BCUT2D eigenvalue weighted by molar-refractivity contribution is -0.138. The van der Waals surface area contributed by atoms with E-state index in [1.807, 2.05) is 0 Å². The number of carboxylic acids is 1. The van der Waals surface area contributed by atoms with Gasteiger partial charge in [-0.1, -0.05) is 35.3 Å². The van der Waals surface area contributed by atoms with Gasteiger partial charge in [0.25, 0.3) is 0 Å². The van der Waals surface area contributed by atoms with Gasteiger partial charge >= 0.3 is 5.97 Å². The smallest absolute Gasteiger partial charge is 0.311 e. The van der Waals surface area contributed by atoms with E-state index in [9.17, 15) is 14.3 Å². The summed E-state index contributed by atoms with van der Waals surface area (Å²) in [7, 11) is 0. The fraction of sp³-hybridized carbons (Fsp3) is 0.133. The highest BCUT2D eigenvalue weighted by molar-refractivity contribution is 6.31. The van der Waals surface area contributed by atoms with Crippen molar-refractivity contribution in [2.24, 2.45) is 0 Å². The molecule has 0 amide bonds. The van der Waals surface area contributed by atoms with Gasteiger partial charge in [0, 0.05) is 10.0 Å². The van der Waals surface area contributed by atoms with Crippen LogP contribution in [-0.4, -0.2) is 11.1 Å². The Balaban J connectivity index is 2.32. The second kappa shape index (κ2) is 6.25. The molecule has 0 radical (unpaired) electrons. The van der Waals surface area contributed by atoms with Crippen LogP contribution >= 0.6 is 23.2 Å². The summed E-state index contributed by atoms with van der Waals surface area (Å²) in [6.07, 6.45) is 0.119. The highest BCUT2D eigenvalue weighted by Gasteiger charge is 2.21. The Labute approximate surface area is 125 Å². The number of halogens is 3. The van der Waals surface area contributed by atoms with Gasteiger partial charge in [-0.05, 0) is 47.9 Å². The molecule has 1 atom stereocenters. The fourth-order valence-corrected chi connectivity index (χ4v) is 2.28. The van der Waals surface area contributed by atoms with Gasteiger partial charge in [0.2, 0.25) is 0 Å². The van der Waals surface area contributed by atoms with Gasteiger partial charge in [-0.3, -0.25) is 4.79 Å². The summed E-state index contributed by atoms with van der Waals surface area (Å²) in [4.78, 5) is 11.4. The normalized spacial score (nSPS) is 12.2. The molecule has 0 heterocycles. The molecule has 20 heavy (non-hydrogen) atoms. The first-order chi connectivity index (χ1) is 9.47. The number of carboxylic acid groups (broad SMARTS) is 1. The van der Waals surface area contributed by atoms with Gasteiger partial charge in [-0.15, -0.1) is 0 Å². The van der Waals surface area contributed by atoms with Crippen LogP contribution in [0.2, 0.25) is 10.0 Å². The third-order valence-corrected chi connectivity index (χ3v) is 3.62. The Morgan fingerprint density at radius 2 is 1.80 bits per heavy atom. The molecule has 1 unspecified atom stereocenters. The maximum absolute atomic E-state index is 13.2. The Morgan fingerprint density at radius 1 is 1.15 bits per heavy atom. The summed E-state index contributed by atoms with van der Waals surface area (Å²) >= 11 is 11.8. The van der Waals surface area contributed by atoms with Gasteiger partial charge in [0.15, 0.2) is 0 Å². The fourth-order valence-electron chi connectivity index (χ4n) is 1.96. The van der Waals surface area contributed by atoms with Gasteiger partial charge < -0.3 is 5.11 Å². The van der Waals surface area contributed by atoms with E-state index in [0.29, 0.717) is 21.2 Å². The molecule has 1 N–H and O–H groups in total. The van der Waals surface area contributed by atoms with Crippen molar-refractivity contribution in [1.82, 2.24) is 0 Å². The van der Waals surface area contributed by atoms with Crippen LogP contribution in [0.4, 0.5) is 4.39 Å². The Morgan fingerprint density at radius 3 is 2.40 bits per heavy atom. The van der Waals surface area contributed by atoms with Gasteiger partial charge in [-0.25, -0.2) is 4.39 Å². The van der Waals surface area contributed by atoms with E-state index in [1.54, 1.807) is 24.3 Å². The van der Waals surface area contributed by atoms with E-state index in [0.717, 1.165) is 0 Å². The quantitative estimate of drug-likeness (QED) is 0.899. The van der Waals surface area contributed by atoms with Crippen molar-refractivity contribution in [1.29, 1.82) is 0 Å². The van der Waals surface area contributed by atoms with Crippen LogP contribution in [0.3, 0.4) is 0 Å². The lowest BCUT2D eigenvalue weighted by Gasteiger charge is -2.14. The number of rotatable bonds is 4. The van der Waals surface area contributed by atoms with Crippen molar-refractivity contribution in [3.05, 3.63) is 69.5 Å². The number of carbonyl (C=O) groups is 1. The summed E-state index contributed by atoms with van der Waals surface area (Å²) < 4.78 is 13.2. The molecule has 2 nitrogen and oxygen atoms in total. The number of hydrogen-bond acceptors (Lipinski definition) is 1. The molecule has 104 valence electrons. The molecule has 0 spiro atoms. The lowest BCUT2D eigenvalue weighted by atomic mass is 9.92. The first kappa shape index (κ1) is 14.8. The van der Waals surface area contributed by atoms with Crippen molar-refractivity contribution < 1.29 is 14.3 Å². The molecular formula is C15H11Cl2FO2. The third kappa shape index (κ3) is 3.50. The standard InChI is InChI=1S/C15H11Cl2FO2/c16-11-3-1-9(2-4-11)13(15(19)20)8-10-7-12(18)5-6-14(10)17/h1-7,13H,8H2,(H,19,20). The van der Waals surface area contributed by atoms with Crippen LogP contribution in [0, 0.1) is 5.82 Å².